The third-order valence-electron chi connectivity index (χ3n) is 3.72. The third-order valence-corrected chi connectivity index (χ3v) is 5.80. The van der Waals surface area contributed by atoms with E-state index in [1.165, 1.54) is 22.3 Å². The van der Waals surface area contributed by atoms with E-state index in [0.717, 1.165) is 0 Å². The fraction of sp³-hybridized carbons (Fsp3) is 0.333. The highest BCUT2D eigenvalue weighted by Crippen LogP contribution is 2.28. The van der Waals surface area contributed by atoms with Gasteiger partial charge in [-0.2, -0.15) is 0 Å². The molecule has 2 aromatic carbocycles. The summed E-state index contributed by atoms with van der Waals surface area (Å²) in [6, 6.07) is 17.4. The van der Waals surface area contributed by atoms with Gasteiger partial charge in [-0.25, -0.2) is 0 Å². The van der Waals surface area contributed by atoms with Crippen molar-refractivity contribution in [2.75, 3.05) is 0 Å². The highest BCUT2D eigenvalue weighted by atomic mass is 28.2. The Bertz CT molecular complexity index is 517. The van der Waals surface area contributed by atoms with E-state index in [-0.39, 0.29) is 0 Å². The fourth-order valence-corrected chi connectivity index (χ4v) is 4.44. The molecule has 0 aliphatic rings. The van der Waals surface area contributed by atoms with Gasteiger partial charge in [-0.1, -0.05) is 48.5 Å². The van der Waals surface area contributed by atoms with Crippen LogP contribution in [-0.4, -0.2) is 15.9 Å². The summed E-state index contributed by atoms with van der Waals surface area (Å²) in [5.41, 5.74) is 6.02. The van der Waals surface area contributed by atoms with Crippen molar-refractivity contribution in [1.82, 2.24) is 0 Å². The monoisotopic (exact) mass is 284 g/mol. The number of rotatable bonds is 5. The molecule has 0 aromatic heterocycles. The zero-order chi connectivity index (χ0) is 14.5. The molecule has 20 heavy (non-hydrogen) atoms. The van der Waals surface area contributed by atoms with Crippen molar-refractivity contribution in [2.45, 2.75) is 39.3 Å². The molecule has 0 radical (unpaired) electrons. The van der Waals surface area contributed by atoms with E-state index in [2.05, 4.69) is 76.2 Å². The molecule has 106 valence electrons. The van der Waals surface area contributed by atoms with Crippen LogP contribution in [0.3, 0.4) is 0 Å². The highest BCUT2D eigenvalue weighted by Gasteiger charge is 2.19. The van der Waals surface area contributed by atoms with Gasteiger partial charge < -0.3 is 4.43 Å². The van der Waals surface area contributed by atoms with E-state index >= 15 is 0 Å². The predicted molar refractivity (Wildman–Crippen MR) is 89.0 cm³/mol. The van der Waals surface area contributed by atoms with Crippen molar-refractivity contribution in [1.29, 1.82) is 0 Å². The molecule has 0 atom stereocenters. The fourth-order valence-electron chi connectivity index (χ4n) is 2.59. The molecule has 1 nitrogen and oxygen atoms in total. The van der Waals surface area contributed by atoms with Crippen LogP contribution in [0.25, 0.3) is 0 Å². The van der Waals surface area contributed by atoms with Gasteiger partial charge >= 0.3 is 0 Å². The summed E-state index contributed by atoms with van der Waals surface area (Å²) in [7, 11) is -0.662. The van der Waals surface area contributed by atoms with Gasteiger partial charge in [0.05, 0.1) is 0 Å². The van der Waals surface area contributed by atoms with Crippen LogP contribution >= 0.6 is 0 Å². The minimum atomic E-state index is -0.662. The Hall–Kier alpha value is -1.38. The lowest BCUT2D eigenvalue weighted by Crippen LogP contribution is -2.19. The molecule has 0 aliphatic carbocycles. The smallest absolute Gasteiger partial charge is 0.173 e. The van der Waals surface area contributed by atoms with Gasteiger partial charge in [0, 0.05) is 11.6 Å². The van der Waals surface area contributed by atoms with Gasteiger partial charge in [0.2, 0.25) is 0 Å². The molecule has 0 saturated carbocycles. The van der Waals surface area contributed by atoms with Crippen LogP contribution in [0.4, 0.5) is 0 Å². The summed E-state index contributed by atoms with van der Waals surface area (Å²) in [6.07, 6.45) is 0.317. The standard InChI is InChI=1S/C18H24OSi/c1-13(2)19-20-18(16-11-7-5-9-14(16)3)17-12-8-6-10-15(17)4/h5-13,18H,20H2,1-4H3. The van der Waals surface area contributed by atoms with Gasteiger partial charge in [-0.15, -0.1) is 0 Å². The molecule has 0 N–H and O–H groups in total. The van der Waals surface area contributed by atoms with E-state index in [1.54, 1.807) is 0 Å². The maximum absolute atomic E-state index is 6.06. The van der Waals surface area contributed by atoms with Crippen molar-refractivity contribution >= 4 is 9.76 Å². The van der Waals surface area contributed by atoms with Gasteiger partial charge in [-0.05, 0) is 49.9 Å². The molecule has 0 fully saturated rings. The largest absolute Gasteiger partial charge is 0.421 e. The zero-order valence-corrected chi connectivity index (χ0v) is 14.3. The lowest BCUT2D eigenvalue weighted by Gasteiger charge is -2.22. The lowest BCUT2D eigenvalue weighted by molar-refractivity contribution is 0.252. The van der Waals surface area contributed by atoms with Gasteiger partial charge in [-0.3, -0.25) is 0 Å². The minimum absolute atomic E-state index is 0.317. The first-order valence-electron chi connectivity index (χ1n) is 7.32. The Morgan fingerprint density at radius 1 is 0.800 bits per heavy atom. The topological polar surface area (TPSA) is 9.23 Å². The number of aryl methyl sites for hydroxylation is 2. The molecule has 2 heteroatoms. The summed E-state index contributed by atoms with van der Waals surface area (Å²) < 4.78 is 6.06. The molecule has 0 amide bonds. The Balaban J connectivity index is 2.40. The van der Waals surface area contributed by atoms with Crippen molar-refractivity contribution in [3.05, 3.63) is 70.8 Å². The van der Waals surface area contributed by atoms with E-state index in [1.807, 2.05) is 0 Å². The van der Waals surface area contributed by atoms with Crippen LogP contribution in [0, 0.1) is 13.8 Å². The maximum atomic E-state index is 6.06. The van der Waals surface area contributed by atoms with Gasteiger partial charge in [0.25, 0.3) is 0 Å². The second-order valence-electron chi connectivity index (χ2n) is 5.65. The van der Waals surface area contributed by atoms with Crippen molar-refractivity contribution in [3.8, 4) is 0 Å². The van der Waals surface area contributed by atoms with E-state index in [0.29, 0.717) is 11.6 Å². The molecule has 0 heterocycles. The summed E-state index contributed by atoms with van der Waals surface area (Å²) in [5, 5.41) is 0. The summed E-state index contributed by atoms with van der Waals surface area (Å²) in [4.78, 5) is 0. The average molecular weight is 284 g/mol. The molecule has 0 unspecified atom stereocenters. The summed E-state index contributed by atoms with van der Waals surface area (Å²) in [5.74, 6) is 0. The first-order valence-corrected chi connectivity index (χ1v) is 8.71. The third kappa shape index (κ3) is 3.59. The SMILES string of the molecule is Cc1ccccc1C([SiH2]OC(C)C)c1ccccc1C. The molecule has 0 bridgehead atoms. The average Bonchev–Trinajstić information content (AvgIpc) is 2.42. The van der Waals surface area contributed by atoms with Crippen LogP contribution < -0.4 is 0 Å². The quantitative estimate of drug-likeness (QED) is 0.757. The van der Waals surface area contributed by atoms with Crippen LogP contribution in [0.2, 0.25) is 0 Å². The first-order chi connectivity index (χ1) is 9.59. The molecular formula is C18H24OSi. The number of hydrogen-bond acceptors (Lipinski definition) is 1. The van der Waals surface area contributed by atoms with Crippen molar-refractivity contribution in [3.63, 3.8) is 0 Å². The molecular weight excluding hydrogens is 260 g/mol. The number of benzene rings is 2. The van der Waals surface area contributed by atoms with Crippen molar-refractivity contribution in [2.24, 2.45) is 0 Å². The second kappa shape index (κ2) is 6.87. The Morgan fingerprint density at radius 2 is 1.25 bits per heavy atom. The second-order valence-corrected chi connectivity index (χ2v) is 7.13. The predicted octanol–water partition coefficient (Wildman–Crippen LogP) is 3.90. The minimum Gasteiger partial charge on any atom is -0.421 e. The highest BCUT2D eigenvalue weighted by molar-refractivity contribution is 6.31. The first kappa shape index (κ1) is 15.0. The Kier molecular flexibility index (Phi) is 5.15. The maximum Gasteiger partial charge on any atom is 0.173 e. The Morgan fingerprint density at radius 3 is 1.65 bits per heavy atom. The van der Waals surface area contributed by atoms with Gasteiger partial charge in [0.15, 0.2) is 9.76 Å². The molecule has 2 rings (SSSR count). The van der Waals surface area contributed by atoms with Gasteiger partial charge in [0.1, 0.15) is 0 Å². The molecule has 0 spiro atoms. The molecule has 0 aliphatic heterocycles. The molecule has 0 saturated heterocycles. The zero-order valence-electron chi connectivity index (χ0n) is 12.9. The van der Waals surface area contributed by atoms with Crippen LogP contribution in [-0.2, 0) is 4.43 Å². The lowest BCUT2D eigenvalue weighted by atomic mass is 9.97. The van der Waals surface area contributed by atoms with Crippen LogP contribution in [0.15, 0.2) is 48.5 Å². The Labute approximate surface area is 124 Å². The van der Waals surface area contributed by atoms with Crippen LogP contribution in [0.5, 0.6) is 0 Å². The van der Waals surface area contributed by atoms with E-state index in [4.69, 9.17) is 4.43 Å². The number of hydrogen-bond donors (Lipinski definition) is 0. The van der Waals surface area contributed by atoms with Crippen molar-refractivity contribution < 1.29 is 4.43 Å². The normalized spacial score (nSPS) is 11.9. The molecule has 2 aromatic rings. The van der Waals surface area contributed by atoms with E-state index in [9.17, 15) is 0 Å². The van der Waals surface area contributed by atoms with E-state index < -0.39 is 9.76 Å². The van der Waals surface area contributed by atoms with Crippen LogP contribution in [0.1, 0.15) is 41.6 Å². The summed E-state index contributed by atoms with van der Waals surface area (Å²) in [6.45, 7) is 8.65. The summed E-state index contributed by atoms with van der Waals surface area (Å²) >= 11 is 0.